The number of rotatable bonds is 5. The Kier molecular flexibility index (Phi) is 5.90. The molecule has 2 atom stereocenters. The molecule has 156 valence electrons. The molecule has 0 saturated carbocycles. The molecule has 10 heteroatoms. The van der Waals surface area contributed by atoms with Gasteiger partial charge in [0, 0.05) is 24.7 Å². The van der Waals surface area contributed by atoms with Gasteiger partial charge in [-0.25, -0.2) is 4.79 Å². The minimum atomic E-state index is -1.19. The van der Waals surface area contributed by atoms with E-state index in [1.807, 2.05) is 5.32 Å². The lowest BCUT2D eigenvalue weighted by Gasteiger charge is -2.23. The Hall–Kier alpha value is -3.30. The Morgan fingerprint density at radius 2 is 1.90 bits per heavy atom. The van der Waals surface area contributed by atoms with Gasteiger partial charge in [-0.05, 0) is 18.1 Å². The maximum atomic E-state index is 12.6. The van der Waals surface area contributed by atoms with Crippen LogP contribution in [0, 0.1) is 11.8 Å². The number of urea groups is 1. The number of hydrogen-bond acceptors (Lipinski definition) is 7. The number of imide groups is 1. The molecule has 10 nitrogen and oxygen atoms in total. The zero-order chi connectivity index (χ0) is 21.1. The smallest absolute Gasteiger partial charge is 0.318 e. The first-order chi connectivity index (χ1) is 13.8. The molecule has 1 saturated heterocycles. The van der Waals surface area contributed by atoms with Crippen LogP contribution in [0.1, 0.15) is 20.3 Å². The Balaban J connectivity index is 1.68. The van der Waals surface area contributed by atoms with Crippen molar-refractivity contribution in [1.29, 1.82) is 0 Å². The maximum Gasteiger partial charge on any atom is 0.318 e. The third kappa shape index (κ3) is 4.58. The number of fused-ring (bicyclic) bond motifs is 1. The van der Waals surface area contributed by atoms with Gasteiger partial charge >= 0.3 is 12.0 Å². The van der Waals surface area contributed by atoms with E-state index in [0.29, 0.717) is 30.4 Å². The van der Waals surface area contributed by atoms with Crippen LogP contribution in [0.3, 0.4) is 0 Å². The molecule has 29 heavy (non-hydrogen) atoms. The van der Waals surface area contributed by atoms with Gasteiger partial charge in [0.25, 0.3) is 5.91 Å². The standard InChI is InChI=1S/C19H23N3O7/c1-10(2)16(17(24)21-19(20)26)29-18(25)11-7-15(23)22(9-11)12-3-4-13-14(8-12)28-6-5-27-13/h3-4,8,10-11,16H,5-7,9H2,1-2H3,(H3,20,21,24,26)/t11-,16-/m1/s1. The zero-order valence-electron chi connectivity index (χ0n) is 16.2. The van der Waals surface area contributed by atoms with Crippen LogP contribution >= 0.6 is 0 Å². The van der Waals surface area contributed by atoms with Crippen LogP contribution in [0.2, 0.25) is 0 Å². The highest BCUT2D eigenvalue weighted by Gasteiger charge is 2.39. The largest absolute Gasteiger partial charge is 0.486 e. The summed E-state index contributed by atoms with van der Waals surface area (Å²) in [6.45, 7) is 4.33. The van der Waals surface area contributed by atoms with E-state index >= 15 is 0 Å². The summed E-state index contributed by atoms with van der Waals surface area (Å²) in [6, 6.07) is 4.09. The molecule has 1 aromatic carbocycles. The first-order valence-corrected chi connectivity index (χ1v) is 9.27. The van der Waals surface area contributed by atoms with Crippen molar-refractivity contribution in [2.75, 3.05) is 24.7 Å². The van der Waals surface area contributed by atoms with E-state index in [1.165, 1.54) is 4.90 Å². The quantitative estimate of drug-likeness (QED) is 0.683. The number of nitrogens with one attached hydrogen (secondary N) is 1. The topological polar surface area (TPSA) is 137 Å². The number of carbonyl (C=O) groups is 4. The highest BCUT2D eigenvalue weighted by atomic mass is 16.6. The predicted octanol–water partition coefficient (Wildman–Crippen LogP) is 0.573. The van der Waals surface area contributed by atoms with Crippen LogP contribution < -0.4 is 25.4 Å². The minimum Gasteiger partial charge on any atom is -0.486 e. The second-order valence-electron chi connectivity index (χ2n) is 7.19. The molecule has 3 rings (SSSR count). The maximum absolute atomic E-state index is 12.6. The molecule has 0 bridgehead atoms. The first kappa shape index (κ1) is 20.4. The lowest BCUT2D eigenvalue weighted by Crippen LogP contribution is -2.46. The van der Waals surface area contributed by atoms with Crippen molar-refractivity contribution in [2.24, 2.45) is 17.6 Å². The fraction of sp³-hybridized carbons (Fsp3) is 0.474. The number of esters is 1. The Bertz CT molecular complexity index is 839. The molecule has 0 unspecified atom stereocenters. The van der Waals surface area contributed by atoms with E-state index in [0.717, 1.165) is 0 Å². The van der Waals surface area contributed by atoms with Crippen LogP contribution in [-0.2, 0) is 19.1 Å². The summed E-state index contributed by atoms with van der Waals surface area (Å²) in [4.78, 5) is 49.4. The van der Waals surface area contributed by atoms with Crippen molar-refractivity contribution < 1.29 is 33.4 Å². The molecule has 2 aliphatic heterocycles. The number of amides is 4. The highest BCUT2D eigenvalue weighted by molar-refractivity contribution is 6.00. The summed E-state index contributed by atoms with van der Waals surface area (Å²) in [5.41, 5.74) is 5.54. The first-order valence-electron chi connectivity index (χ1n) is 9.27. The molecule has 3 N–H and O–H groups in total. The average molecular weight is 405 g/mol. The van der Waals surface area contributed by atoms with Crippen LogP contribution in [0.25, 0.3) is 0 Å². The summed E-state index contributed by atoms with van der Waals surface area (Å²) in [5.74, 6) is -1.71. The van der Waals surface area contributed by atoms with Gasteiger partial charge < -0.3 is 24.8 Å². The normalized spacial score (nSPS) is 19.1. The number of ether oxygens (including phenoxy) is 3. The monoisotopic (exact) mass is 405 g/mol. The number of nitrogens with zero attached hydrogens (tertiary/aromatic N) is 1. The SMILES string of the molecule is CC(C)[C@@H](OC(=O)[C@@H]1CC(=O)N(c2ccc3c(c2)OCCO3)C1)C(=O)NC(N)=O. The number of carbonyl (C=O) groups excluding carboxylic acids is 4. The molecule has 0 radical (unpaired) electrons. The van der Waals surface area contributed by atoms with Crippen molar-refractivity contribution >= 4 is 29.5 Å². The van der Waals surface area contributed by atoms with Crippen LogP contribution in [0.5, 0.6) is 11.5 Å². The average Bonchev–Trinajstić information content (AvgIpc) is 3.06. The fourth-order valence-electron chi connectivity index (χ4n) is 3.22. The van der Waals surface area contributed by atoms with Gasteiger partial charge in [0.05, 0.1) is 5.92 Å². The summed E-state index contributed by atoms with van der Waals surface area (Å²) in [7, 11) is 0. The molecule has 2 aliphatic rings. The summed E-state index contributed by atoms with van der Waals surface area (Å²) < 4.78 is 16.3. The van der Waals surface area contributed by atoms with Crippen molar-refractivity contribution in [3.63, 3.8) is 0 Å². The Morgan fingerprint density at radius 3 is 2.55 bits per heavy atom. The highest BCUT2D eigenvalue weighted by Crippen LogP contribution is 2.36. The molecular weight excluding hydrogens is 382 g/mol. The lowest BCUT2D eigenvalue weighted by atomic mass is 10.1. The third-order valence-electron chi connectivity index (χ3n) is 4.65. The van der Waals surface area contributed by atoms with Gasteiger partial charge in [-0.1, -0.05) is 13.8 Å². The number of nitrogens with two attached hydrogens (primary N) is 1. The molecular formula is C19H23N3O7. The third-order valence-corrected chi connectivity index (χ3v) is 4.65. The number of hydrogen-bond donors (Lipinski definition) is 2. The van der Waals surface area contributed by atoms with Gasteiger partial charge in [0.1, 0.15) is 13.2 Å². The molecule has 0 aromatic heterocycles. The van der Waals surface area contributed by atoms with E-state index in [2.05, 4.69) is 0 Å². The van der Waals surface area contributed by atoms with Crippen LogP contribution in [-0.4, -0.2) is 49.7 Å². The molecule has 4 amide bonds. The summed E-state index contributed by atoms with van der Waals surface area (Å²) in [6.07, 6.45) is -1.23. The van der Waals surface area contributed by atoms with Crippen molar-refractivity contribution in [3.05, 3.63) is 18.2 Å². The van der Waals surface area contributed by atoms with E-state index < -0.39 is 29.9 Å². The van der Waals surface area contributed by atoms with E-state index in [-0.39, 0.29) is 24.8 Å². The van der Waals surface area contributed by atoms with Gasteiger partial charge in [0.2, 0.25) is 5.91 Å². The van der Waals surface area contributed by atoms with Crippen molar-refractivity contribution in [1.82, 2.24) is 5.32 Å². The summed E-state index contributed by atoms with van der Waals surface area (Å²) in [5, 5.41) is 1.91. The summed E-state index contributed by atoms with van der Waals surface area (Å²) >= 11 is 0. The fourth-order valence-corrected chi connectivity index (χ4v) is 3.22. The van der Waals surface area contributed by atoms with Crippen LogP contribution in [0.15, 0.2) is 18.2 Å². The van der Waals surface area contributed by atoms with Crippen molar-refractivity contribution in [3.8, 4) is 11.5 Å². The number of benzene rings is 1. The van der Waals surface area contributed by atoms with E-state index in [9.17, 15) is 19.2 Å². The molecule has 2 heterocycles. The van der Waals surface area contributed by atoms with Gasteiger partial charge in [-0.3, -0.25) is 19.7 Å². The predicted molar refractivity (Wildman–Crippen MR) is 100 cm³/mol. The minimum absolute atomic E-state index is 0.0461. The van der Waals surface area contributed by atoms with Gasteiger partial charge in [0.15, 0.2) is 17.6 Å². The van der Waals surface area contributed by atoms with Gasteiger partial charge in [-0.15, -0.1) is 0 Å². The molecule has 0 aliphatic carbocycles. The molecule has 1 fully saturated rings. The second kappa shape index (κ2) is 8.38. The zero-order valence-corrected chi connectivity index (χ0v) is 16.2. The molecule has 0 spiro atoms. The van der Waals surface area contributed by atoms with Gasteiger partial charge in [-0.2, -0.15) is 0 Å². The second-order valence-corrected chi connectivity index (χ2v) is 7.19. The number of primary amides is 1. The van der Waals surface area contributed by atoms with E-state index in [1.54, 1.807) is 32.0 Å². The Morgan fingerprint density at radius 1 is 1.21 bits per heavy atom. The number of anilines is 1. The lowest BCUT2D eigenvalue weighted by molar-refractivity contribution is -0.161. The molecule has 1 aromatic rings. The van der Waals surface area contributed by atoms with Crippen LogP contribution in [0.4, 0.5) is 10.5 Å². The Labute approximate surface area is 167 Å². The van der Waals surface area contributed by atoms with E-state index in [4.69, 9.17) is 19.9 Å². The van der Waals surface area contributed by atoms with Crippen molar-refractivity contribution in [2.45, 2.75) is 26.4 Å².